The van der Waals surface area contributed by atoms with Gasteiger partial charge in [0.1, 0.15) is 0 Å². The predicted molar refractivity (Wildman–Crippen MR) is 51.2 cm³/mol. The second kappa shape index (κ2) is 29.7. The van der Waals surface area contributed by atoms with Gasteiger partial charge in [-0.2, -0.15) is 17.7 Å². The van der Waals surface area contributed by atoms with Gasteiger partial charge in [-0.15, -0.1) is 0 Å². The molecule has 0 radical (unpaired) electrons. The zero-order valence-electron chi connectivity index (χ0n) is 8.65. The van der Waals surface area contributed by atoms with Crippen molar-refractivity contribution in [3.8, 4) is 0 Å². The van der Waals surface area contributed by atoms with Crippen LogP contribution < -0.4 is 0 Å². The molecule has 4 heteroatoms. The molecule has 0 heterocycles. The third kappa shape index (κ3) is 24.5. The molecule has 1 rings (SSSR count). The molecule has 78 valence electrons. The summed E-state index contributed by atoms with van der Waals surface area (Å²) in [5.41, 5.74) is 1.34. The van der Waals surface area contributed by atoms with Crippen molar-refractivity contribution >= 4 is 0 Å². The minimum absolute atomic E-state index is 0. The van der Waals surface area contributed by atoms with E-state index in [9.17, 15) is 0 Å². The average Bonchev–Trinajstić information content (AvgIpc) is 2.66. The van der Waals surface area contributed by atoms with Gasteiger partial charge >= 0.3 is 0 Å². The van der Waals surface area contributed by atoms with Crippen molar-refractivity contribution in [1.29, 1.82) is 0 Å². The molecule has 0 aliphatic rings. The Morgan fingerprint density at radius 2 is 1.00 bits per heavy atom. The van der Waals surface area contributed by atoms with E-state index in [0.29, 0.717) is 0 Å². The van der Waals surface area contributed by atoms with Gasteiger partial charge in [0.25, 0.3) is 0 Å². The van der Waals surface area contributed by atoms with Gasteiger partial charge in [0.05, 0.1) is 0 Å². The molecule has 0 saturated heterocycles. The molecule has 0 aliphatic carbocycles. The molecule has 0 spiro atoms. The van der Waals surface area contributed by atoms with Gasteiger partial charge in [0.15, 0.2) is 0 Å². The maximum Gasteiger partial charge on any atom is 0.0319 e. The van der Waals surface area contributed by atoms with E-state index < -0.39 is 0 Å². The molecule has 0 saturated carbocycles. The maximum atomic E-state index is 7.00. The molecule has 0 unspecified atom stereocenters. The topological polar surface area (TPSA) is 60.7 Å². The van der Waals surface area contributed by atoms with Gasteiger partial charge in [-0.1, -0.05) is 6.92 Å². The van der Waals surface area contributed by atoms with Crippen LogP contribution in [0.5, 0.6) is 0 Å². The monoisotopic (exact) mass is 223 g/mol. The SMILES string of the molecule is CO.CO.CO.C[c-]1cccc1.[Ti]. The van der Waals surface area contributed by atoms with E-state index in [1.165, 1.54) is 5.56 Å². The molecule has 0 aromatic heterocycles. The van der Waals surface area contributed by atoms with Crippen LogP contribution in [0.15, 0.2) is 24.3 Å². The Balaban J connectivity index is -0.0000000508. The number of aliphatic hydroxyl groups excluding tert-OH is 3. The molecule has 0 amide bonds. The fraction of sp³-hybridized carbons (Fsp3) is 0.444. The van der Waals surface area contributed by atoms with Crippen molar-refractivity contribution in [2.24, 2.45) is 0 Å². The van der Waals surface area contributed by atoms with E-state index in [1.807, 2.05) is 12.1 Å². The van der Waals surface area contributed by atoms with Crippen LogP contribution in [0, 0.1) is 6.92 Å². The van der Waals surface area contributed by atoms with Gasteiger partial charge in [0.2, 0.25) is 0 Å². The van der Waals surface area contributed by atoms with Crippen LogP contribution >= 0.6 is 0 Å². The molecule has 3 N–H and O–H groups in total. The van der Waals surface area contributed by atoms with Crippen molar-refractivity contribution in [2.45, 2.75) is 6.92 Å². The molecule has 13 heavy (non-hydrogen) atoms. The van der Waals surface area contributed by atoms with Crippen molar-refractivity contribution in [2.75, 3.05) is 21.3 Å². The number of rotatable bonds is 0. The fourth-order valence-corrected chi connectivity index (χ4v) is 0.470. The fourth-order valence-electron chi connectivity index (χ4n) is 0.470. The molecule has 0 atom stereocenters. The van der Waals surface area contributed by atoms with Crippen LogP contribution in [0.1, 0.15) is 5.56 Å². The molecule has 3 nitrogen and oxygen atoms in total. The Morgan fingerprint density at radius 1 is 0.769 bits per heavy atom. The molecule has 0 bridgehead atoms. The molecule has 1 aromatic rings. The van der Waals surface area contributed by atoms with E-state index in [2.05, 4.69) is 19.1 Å². The predicted octanol–water partition coefficient (Wildman–Crippen LogP) is 0.537. The molecule has 1 aromatic carbocycles. The van der Waals surface area contributed by atoms with Crippen LogP contribution in [0.4, 0.5) is 0 Å². The normalized spacial score (nSPS) is 5.46. The summed E-state index contributed by atoms with van der Waals surface area (Å²) in [5, 5.41) is 21.0. The number of hydrogen-bond acceptors (Lipinski definition) is 3. The number of aliphatic hydroxyl groups is 3. The van der Waals surface area contributed by atoms with E-state index in [0.717, 1.165) is 21.3 Å². The third-order valence-electron chi connectivity index (χ3n) is 0.829. The van der Waals surface area contributed by atoms with Crippen molar-refractivity contribution in [3.63, 3.8) is 0 Å². The molecular weight excluding hydrogens is 204 g/mol. The summed E-state index contributed by atoms with van der Waals surface area (Å²) in [5.74, 6) is 0. The first-order chi connectivity index (χ1) is 5.89. The molecule has 0 fully saturated rings. The number of hydrogen-bond donors (Lipinski definition) is 3. The Labute approximate surface area is 95.3 Å². The standard InChI is InChI=1S/C6H7.3CH4O.Ti/c1-6-4-2-3-5-6;3*1-2;/h2-5H,1H3;3*2H,1H3;/q-1;;;;. The van der Waals surface area contributed by atoms with Crippen LogP contribution in [-0.4, -0.2) is 36.6 Å². The minimum atomic E-state index is 0. The quantitative estimate of drug-likeness (QED) is 0.444. The Hall–Kier alpha value is -0.0557. The van der Waals surface area contributed by atoms with E-state index in [-0.39, 0.29) is 21.7 Å². The summed E-state index contributed by atoms with van der Waals surface area (Å²) < 4.78 is 0. The van der Waals surface area contributed by atoms with E-state index in [4.69, 9.17) is 15.3 Å². The van der Waals surface area contributed by atoms with Gasteiger partial charge in [-0.25, -0.2) is 12.1 Å². The molecular formula is C9H19O3Ti-. The summed E-state index contributed by atoms with van der Waals surface area (Å²) in [7, 11) is 3.00. The van der Waals surface area contributed by atoms with E-state index >= 15 is 0 Å². The Kier molecular flexibility index (Phi) is 52.7. The van der Waals surface area contributed by atoms with Crippen molar-refractivity contribution in [1.82, 2.24) is 0 Å². The number of aryl methyl sites for hydroxylation is 1. The van der Waals surface area contributed by atoms with Crippen LogP contribution in [0.25, 0.3) is 0 Å². The van der Waals surface area contributed by atoms with Crippen LogP contribution in [0.2, 0.25) is 0 Å². The van der Waals surface area contributed by atoms with Gasteiger partial charge in [-0.05, 0) is 0 Å². The molecule has 0 aliphatic heterocycles. The first-order valence-corrected chi connectivity index (χ1v) is 3.42. The average molecular weight is 223 g/mol. The second-order valence-electron chi connectivity index (χ2n) is 1.46. The van der Waals surface area contributed by atoms with Crippen molar-refractivity contribution in [3.05, 3.63) is 29.8 Å². The van der Waals surface area contributed by atoms with Gasteiger partial charge in [0, 0.05) is 43.0 Å². The second-order valence-corrected chi connectivity index (χ2v) is 1.46. The summed E-state index contributed by atoms with van der Waals surface area (Å²) in [6.45, 7) is 2.08. The third-order valence-corrected chi connectivity index (χ3v) is 0.829. The minimum Gasteiger partial charge on any atom is -0.400 e. The maximum absolute atomic E-state index is 7.00. The largest absolute Gasteiger partial charge is 0.400 e. The van der Waals surface area contributed by atoms with E-state index in [1.54, 1.807) is 0 Å². The summed E-state index contributed by atoms with van der Waals surface area (Å²) in [4.78, 5) is 0. The van der Waals surface area contributed by atoms with Crippen LogP contribution in [-0.2, 0) is 21.7 Å². The van der Waals surface area contributed by atoms with Crippen molar-refractivity contribution < 1.29 is 37.0 Å². The van der Waals surface area contributed by atoms with Crippen LogP contribution in [0.3, 0.4) is 0 Å². The summed E-state index contributed by atoms with van der Waals surface area (Å²) in [6, 6.07) is 8.24. The Morgan fingerprint density at radius 3 is 1.08 bits per heavy atom. The zero-order valence-corrected chi connectivity index (χ0v) is 10.2. The summed E-state index contributed by atoms with van der Waals surface area (Å²) >= 11 is 0. The smallest absolute Gasteiger partial charge is 0.0319 e. The summed E-state index contributed by atoms with van der Waals surface area (Å²) in [6.07, 6.45) is 0. The first kappa shape index (κ1) is 23.1. The van der Waals surface area contributed by atoms with Gasteiger partial charge in [-0.3, -0.25) is 0 Å². The Bertz CT molecular complexity index is 118. The van der Waals surface area contributed by atoms with Gasteiger partial charge < -0.3 is 15.3 Å². The zero-order chi connectivity index (χ0) is 10.4. The first-order valence-electron chi connectivity index (χ1n) is 3.42.